The number of ether oxygens (including phenoxy) is 1. The highest BCUT2D eigenvalue weighted by Gasteiger charge is 2.18. The normalized spacial score (nSPS) is 13.4. The number of hydrogen-bond donors (Lipinski definition) is 1. The maximum atomic E-state index is 12.0. The monoisotopic (exact) mass is 290 g/mol. The summed E-state index contributed by atoms with van der Waals surface area (Å²) < 4.78 is 7.15. The molecule has 1 unspecified atom stereocenters. The third kappa shape index (κ3) is 4.01. The van der Waals surface area contributed by atoms with Crippen molar-refractivity contribution >= 4 is 17.0 Å². The van der Waals surface area contributed by atoms with Gasteiger partial charge in [0.2, 0.25) is 0 Å². The van der Waals surface area contributed by atoms with Gasteiger partial charge in [-0.15, -0.1) is 0 Å². The van der Waals surface area contributed by atoms with Crippen LogP contribution in [0.3, 0.4) is 0 Å². The average molecular weight is 290 g/mol. The summed E-state index contributed by atoms with van der Waals surface area (Å²) in [5, 5.41) is 0.929. The summed E-state index contributed by atoms with van der Waals surface area (Å²) in [5.41, 5.74) is 7.14. The van der Waals surface area contributed by atoms with Gasteiger partial charge in [0.25, 0.3) is 0 Å². The first-order valence-electron chi connectivity index (χ1n) is 7.01. The molecule has 0 amide bonds. The highest BCUT2D eigenvalue weighted by Crippen LogP contribution is 2.20. The van der Waals surface area contributed by atoms with E-state index in [4.69, 9.17) is 10.5 Å². The van der Waals surface area contributed by atoms with Crippen LogP contribution in [0.1, 0.15) is 33.3 Å². The number of carbonyl (C=O) groups excluding carboxylic acids is 1. The van der Waals surface area contributed by atoms with Crippen LogP contribution in [-0.2, 0) is 22.5 Å². The van der Waals surface area contributed by atoms with Crippen LogP contribution < -0.4 is 5.73 Å². The molecular formula is C15H22N4O2. The van der Waals surface area contributed by atoms with E-state index in [9.17, 15) is 4.79 Å². The Bertz CT molecular complexity index is 641. The molecule has 0 aliphatic rings. The lowest BCUT2D eigenvalue weighted by atomic mass is 10.1. The quantitative estimate of drug-likeness (QED) is 0.866. The fourth-order valence-corrected chi connectivity index (χ4v) is 2.24. The van der Waals surface area contributed by atoms with Gasteiger partial charge in [0, 0.05) is 23.8 Å². The second kappa shape index (κ2) is 5.81. The highest BCUT2D eigenvalue weighted by atomic mass is 16.6. The summed E-state index contributed by atoms with van der Waals surface area (Å²) in [6.45, 7) is 7.62. The van der Waals surface area contributed by atoms with Crippen molar-refractivity contribution in [2.24, 2.45) is 5.73 Å². The Morgan fingerprint density at radius 3 is 2.81 bits per heavy atom. The van der Waals surface area contributed by atoms with Crippen LogP contribution in [0, 0.1) is 0 Å². The van der Waals surface area contributed by atoms with Gasteiger partial charge in [-0.25, -0.2) is 9.97 Å². The van der Waals surface area contributed by atoms with Crippen molar-refractivity contribution in [1.82, 2.24) is 14.5 Å². The minimum absolute atomic E-state index is 0.0331. The molecule has 1 atom stereocenters. The van der Waals surface area contributed by atoms with E-state index < -0.39 is 5.60 Å². The summed E-state index contributed by atoms with van der Waals surface area (Å²) in [7, 11) is 0. The largest absolute Gasteiger partial charge is 0.459 e. The standard InChI is InChI=1S/C15H22N4O2/c1-10(16)5-11-7-19(8-13(20)21-15(2,3)4)14-12(11)6-17-9-18-14/h6-7,9-10H,5,8,16H2,1-4H3. The lowest BCUT2D eigenvalue weighted by molar-refractivity contribution is -0.155. The van der Waals surface area contributed by atoms with Crippen LogP contribution in [0.25, 0.3) is 11.0 Å². The zero-order valence-corrected chi connectivity index (χ0v) is 13.0. The number of aromatic nitrogens is 3. The lowest BCUT2D eigenvalue weighted by Gasteiger charge is -2.19. The molecule has 114 valence electrons. The molecule has 0 bridgehead atoms. The Labute approximate surface area is 124 Å². The molecule has 2 N–H and O–H groups in total. The van der Waals surface area contributed by atoms with Crippen LogP contribution in [-0.4, -0.2) is 32.1 Å². The molecule has 2 heterocycles. The summed E-state index contributed by atoms with van der Waals surface area (Å²) >= 11 is 0. The van der Waals surface area contributed by atoms with Gasteiger partial charge >= 0.3 is 5.97 Å². The number of esters is 1. The van der Waals surface area contributed by atoms with Crippen LogP contribution in [0.2, 0.25) is 0 Å². The van der Waals surface area contributed by atoms with Crippen molar-refractivity contribution in [2.45, 2.75) is 52.3 Å². The van der Waals surface area contributed by atoms with Crippen LogP contribution in [0.5, 0.6) is 0 Å². The van der Waals surface area contributed by atoms with E-state index in [1.165, 1.54) is 6.33 Å². The van der Waals surface area contributed by atoms with Crippen LogP contribution >= 0.6 is 0 Å². The van der Waals surface area contributed by atoms with Crippen molar-refractivity contribution in [3.05, 3.63) is 24.3 Å². The maximum absolute atomic E-state index is 12.0. The Hall–Kier alpha value is -1.95. The van der Waals surface area contributed by atoms with Crippen molar-refractivity contribution in [2.75, 3.05) is 0 Å². The van der Waals surface area contributed by atoms with Gasteiger partial charge < -0.3 is 15.0 Å². The summed E-state index contributed by atoms with van der Waals surface area (Å²) in [6, 6.07) is 0.0331. The topological polar surface area (TPSA) is 83.0 Å². The number of nitrogens with zero attached hydrogens (tertiary/aromatic N) is 3. The Balaban J connectivity index is 2.29. The molecular weight excluding hydrogens is 268 g/mol. The fraction of sp³-hybridized carbons (Fsp3) is 0.533. The van der Waals surface area contributed by atoms with Gasteiger partial charge in [0.1, 0.15) is 24.1 Å². The second-order valence-corrected chi connectivity index (χ2v) is 6.31. The van der Waals surface area contributed by atoms with Crippen LogP contribution in [0.15, 0.2) is 18.7 Å². The lowest BCUT2D eigenvalue weighted by Crippen LogP contribution is -2.26. The molecule has 0 aliphatic heterocycles. The molecule has 0 aliphatic carbocycles. The Morgan fingerprint density at radius 1 is 1.48 bits per heavy atom. The molecule has 2 rings (SSSR count). The number of carbonyl (C=O) groups is 1. The van der Waals surface area contributed by atoms with Crippen molar-refractivity contribution in [3.63, 3.8) is 0 Å². The van der Waals surface area contributed by atoms with Crippen molar-refractivity contribution < 1.29 is 9.53 Å². The first-order valence-corrected chi connectivity index (χ1v) is 7.01. The zero-order chi connectivity index (χ0) is 15.6. The van der Waals surface area contributed by atoms with E-state index in [0.29, 0.717) is 6.42 Å². The van der Waals surface area contributed by atoms with Crippen molar-refractivity contribution in [3.8, 4) is 0 Å². The molecule has 2 aromatic heterocycles. The molecule has 0 spiro atoms. The minimum atomic E-state index is -0.496. The fourth-order valence-electron chi connectivity index (χ4n) is 2.24. The highest BCUT2D eigenvalue weighted by molar-refractivity contribution is 5.81. The Kier molecular flexibility index (Phi) is 4.27. The van der Waals surface area contributed by atoms with E-state index in [-0.39, 0.29) is 18.6 Å². The van der Waals surface area contributed by atoms with E-state index in [0.717, 1.165) is 16.6 Å². The summed E-state index contributed by atoms with van der Waals surface area (Å²) in [4.78, 5) is 20.3. The molecule has 6 nitrogen and oxygen atoms in total. The van der Waals surface area contributed by atoms with E-state index in [1.54, 1.807) is 10.8 Å². The molecule has 0 fully saturated rings. The van der Waals surface area contributed by atoms with E-state index in [2.05, 4.69) is 9.97 Å². The number of hydrogen-bond acceptors (Lipinski definition) is 5. The molecule has 21 heavy (non-hydrogen) atoms. The molecule has 6 heteroatoms. The molecule has 0 radical (unpaired) electrons. The smallest absolute Gasteiger partial charge is 0.326 e. The number of nitrogens with two attached hydrogens (primary N) is 1. The molecule has 2 aromatic rings. The zero-order valence-electron chi connectivity index (χ0n) is 13.0. The van der Waals surface area contributed by atoms with E-state index in [1.807, 2.05) is 33.9 Å². The van der Waals surface area contributed by atoms with Gasteiger partial charge in [0.15, 0.2) is 0 Å². The predicted octanol–water partition coefficient (Wildman–Crippen LogP) is 1.66. The summed E-state index contributed by atoms with van der Waals surface area (Å²) in [6.07, 6.45) is 5.85. The maximum Gasteiger partial charge on any atom is 0.326 e. The SMILES string of the molecule is CC(N)Cc1cn(CC(=O)OC(C)(C)C)c2ncncc12. The van der Waals surface area contributed by atoms with E-state index >= 15 is 0 Å². The molecule has 0 aromatic carbocycles. The average Bonchev–Trinajstić information content (AvgIpc) is 2.65. The van der Waals surface area contributed by atoms with Gasteiger partial charge in [0.05, 0.1) is 0 Å². The third-order valence-electron chi connectivity index (χ3n) is 2.88. The van der Waals surface area contributed by atoms with Gasteiger partial charge in [-0.3, -0.25) is 4.79 Å². The predicted molar refractivity (Wildman–Crippen MR) is 80.7 cm³/mol. The first kappa shape index (κ1) is 15.4. The molecule has 0 saturated heterocycles. The number of rotatable bonds is 4. The second-order valence-electron chi connectivity index (χ2n) is 6.31. The minimum Gasteiger partial charge on any atom is -0.459 e. The first-order chi connectivity index (χ1) is 9.76. The third-order valence-corrected chi connectivity index (χ3v) is 2.88. The summed E-state index contributed by atoms with van der Waals surface area (Å²) in [5.74, 6) is -0.287. The Morgan fingerprint density at radius 2 is 2.19 bits per heavy atom. The van der Waals surface area contributed by atoms with Gasteiger partial charge in [-0.05, 0) is 39.7 Å². The van der Waals surface area contributed by atoms with Crippen LogP contribution in [0.4, 0.5) is 0 Å². The van der Waals surface area contributed by atoms with Crippen molar-refractivity contribution in [1.29, 1.82) is 0 Å². The van der Waals surface area contributed by atoms with Gasteiger partial charge in [-0.2, -0.15) is 0 Å². The molecule has 0 saturated carbocycles. The van der Waals surface area contributed by atoms with Gasteiger partial charge in [-0.1, -0.05) is 0 Å². The number of fused-ring (bicyclic) bond motifs is 1.